The lowest BCUT2D eigenvalue weighted by Crippen LogP contribution is -2.47. The molecule has 0 aliphatic carbocycles. The molecule has 10 heteroatoms. The van der Waals surface area contributed by atoms with Gasteiger partial charge in [-0.2, -0.15) is 0 Å². The number of benzene rings is 3. The Balaban J connectivity index is 1.42. The smallest absolute Gasteiger partial charge is 0.410 e. The largest absolute Gasteiger partial charge is 0.444 e. The van der Waals surface area contributed by atoms with Crippen LogP contribution in [-0.2, 0) is 25.8 Å². The Labute approximate surface area is 252 Å². The molecule has 1 aliphatic heterocycles. The van der Waals surface area contributed by atoms with E-state index in [0.717, 1.165) is 23.3 Å². The van der Waals surface area contributed by atoms with Crippen LogP contribution in [-0.4, -0.2) is 53.9 Å². The van der Waals surface area contributed by atoms with E-state index >= 15 is 0 Å². The van der Waals surface area contributed by atoms with Crippen molar-refractivity contribution < 1.29 is 32.2 Å². The Morgan fingerprint density at radius 3 is 2.23 bits per heavy atom. The fourth-order valence-corrected chi connectivity index (χ4v) is 6.85. The second kappa shape index (κ2) is 13.3. The first kappa shape index (κ1) is 32.2. The Bertz CT molecular complexity index is 1510. The first-order valence-electron chi connectivity index (χ1n) is 14.4. The Hall–Kier alpha value is -3.76. The summed E-state index contributed by atoms with van der Waals surface area (Å²) in [6.45, 7) is 6.95. The standard InChI is InChI=1S/C33H39FN2O6S/c1-22(21-43(40,41)28-17-12-25(34)13-18-28)31(38)35-26-14-10-23(11-15-26)20-27-16-19-29(30(37)24-8-6-5-7-9-24)36(27)32(39)42-33(2,3)4/h5-15,17-18,22,27,29-30,37H,16,19-21H2,1-4H3,(H,35,38)/t22-,27+,29-,30-/m1/s1. The van der Waals surface area contributed by atoms with Crippen molar-refractivity contribution in [2.24, 2.45) is 5.92 Å². The van der Waals surface area contributed by atoms with E-state index in [1.807, 2.05) is 63.2 Å². The van der Waals surface area contributed by atoms with Gasteiger partial charge in [-0.3, -0.25) is 9.69 Å². The molecule has 3 aromatic rings. The average molecular weight is 611 g/mol. The van der Waals surface area contributed by atoms with E-state index in [9.17, 15) is 27.5 Å². The number of amides is 2. The van der Waals surface area contributed by atoms with Crippen molar-refractivity contribution in [3.8, 4) is 0 Å². The van der Waals surface area contributed by atoms with Gasteiger partial charge in [-0.25, -0.2) is 17.6 Å². The summed E-state index contributed by atoms with van der Waals surface area (Å²) in [4.78, 5) is 27.7. The monoisotopic (exact) mass is 610 g/mol. The molecule has 0 bridgehead atoms. The number of hydrogen-bond acceptors (Lipinski definition) is 6. The number of likely N-dealkylation sites (tertiary alicyclic amines) is 1. The van der Waals surface area contributed by atoms with Gasteiger partial charge in [0.1, 0.15) is 11.4 Å². The van der Waals surface area contributed by atoms with Crippen LogP contribution >= 0.6 is 0 Å². The number of anilines is 1. The minimum Gasteiger partial charge on any atom is -0.444 e. The van der Waals surface area contributed by atoms with E-state index in [4.69, 9.17) is 4.74 Å². The molecule has 0 radical (unpaired) electrons. The van der Waals surface area contributed by atoms with Crippen molar-refractivity contribution in [1.82, 2.24) is 4.90 Å². The van der Waals surface area contributed by atoms with E-state index in [2.05, 4.69) is 5.32 Å². The zero-order chi connectivity index (χ0) is 31.4. The van der Waals surface area contributed by atoms with Crippen LogP contribution in [0.4, 0.5) is 14.9 Å². The van der Waals surface area contributed by atoms with Gasteiger partial charge >= 0.3 is 6.09 Å². The van der Waals surface area contributed by atoms with Crippen LogP contribution in [0.2, 0.25) is 0 Å². The maximum atomic E-state index is 13.3. The van der Waals surface area contributed by atoms with Crippen molar-refractivity contribution in [3.05, 3.63) is 95.8 Å². The van der Waals surface area contributed by atoms with Crippen LogP contribution in [0.3, 0.4) is 0 Å². The van der Waals surface area contributed by atoms with Crippen LogP contribution in [0.15, 0.2) is 83.8 Å². The maximum Gasteiger partial charge on any atom is 0.410 e. The lowest BCUT2D eigenvalue weighted by molar-refractivity contribution is -0.118. The molecule has 43 heavy (non-hydrogen) atoms. The van der Waals surface area contributed by atoms with Crippen LogP contribution in [0.25, 0.3) is 0 Å². The molecular weight excluding hydrogens is 571 g/mol. The van der Waals surface area contributed by atoms with Gasteiger partial charge in [0, 0.05) is 17.6 Å². The molecule has 0 aromatic heterocycles. The van der Waals surface area contributed by atoms with Crippen LogP contribution in [0, 0.1) is 11.7 Å². The Kier molecular flexibility index (Phi) is 9.92. The zero-order valence-corrected chi connectivity index (χ0v) is 25.7. The van der Waals surface area contributed by atoms with Crippen LogP contribution < -0.4 is 5.32 Å². The first-order valence-corrected chi connectivity index (χ1v) is 16.0. The number of hydrogen-bond donors (Lipinski definition) is 2. The number of nitrogens with one attached hydrogen (secondary N) is 1. The highest BCUT2D eigenvalue weighted by Gasteiger charge is 2.42. The molecule has 1 aliphatic rings. The summed E-state index contributed by atoms with van der Waals surface area (Å²) in [5.41, 5.74) is 1.48. The zero-order valence-electron chi connectivity index (χ0n) is 24.9. The molecule has 1 heterocycles. The van der Waals surface area contributed by atoms with Gasteiger partial charge in [-0.05, 0) is 87.6 Å². The van der Waals surface area contributed by atoms with E-state index in [0.29, 0.717) is 24.9 Å². The predicted molar refractivity (Wildman–Crippen MR) is 163 cm³/mol. The predicted octanol–water partition coefficient (Wildman–Crippen LogP) is 5.92. The average Bonchev–Trinajstić information content (AvgIpc) is 3.37. The summed E-state index contributed by atoms with van der Waals surface area (Å²) in [6.07, 6.45) is 0.505. The highest BCUT2D eigenvalue weighted by Crippen LogP contribution is 2.36. The van der Waals surface area contributed by atoms with Crippen molar-refractivity contribution in [2.75, 3.05) is 11.1 Å². The molecule has 4 rings (SSSR count). The first-order chi connectivity index (χ1) is 20.2. The molecule has 3 aromatic carbocycles. The van der Waals surface area contributed by atoms with Crippen molar-refractivity contribution >= 4 is 27.5 Å². The molecule has 230 valence electrons. The lowest BCUT2D eigenvalue weighted by Gasteiger charge is -2.35. The summed E-state index contributed by atoms with van der Waals surface area (Å²) in [5.74, 6) is -2.25. The molecule has 2 amide bonds. The van der Waals surface area contributed by atoms with E-state index in [-0.39, 0.29) is 10.9 Å². The second-order valence-electron chi connectivity index (χ2n) is 12.1. The fraction of sp³-hybridized carbons (Fsp3) is 0.394. The molecule has 1 saturated heterocycles. The molecule has 0 spiro atoms. The number of rotatable bonds is 9. The number of aliphatic hydroxyl groups excluding tert-OH is 1. The van der Waals surface area contributed by atoms with Crippen LogP contribution in [0.5, 0.6) is 0 Å². The number of carbonyl (C=O) groups is 2. The van der Waals surface area contributed by atoms with E-state index in [1.54, 1.807) is 17.0 Å². The molecule has 0 unspecified atom stereocenters. The summed E-state index contributed by atoms with van der Waals surface area (Å²) < 4.78 is 44.2. The van der Waals surface area contributed by atoms with Crippen molar-refractivity contribution in [3.63, 3.8) is 0 Å². The summed E-state index contributed by atoms with van der Waals surface area (Å²) >= 11 is 0. The SMILES string of the molecule is C[C@H](CS(=O)(=O)c1ccc(F)cc1)C(=O)Nc1ccc(C[C@@H]2CC[C@H]([C@H](O)c3ccccc3)N2C(=O)OC(C)(C)C)cc1. The number of ether oxygens (including phenoxy) is 1. The van der Waals surface area contributed by atoms with Gasteiger partial charge in [-0.15, -0.1) is 0 Å². The van der Waals surface area contributed by atoms with E-state index < -0.39 is 57.1 Å². The van der Waals surface area contributed by atoms with Gasteiger partial charge < -0.3 is 15.2 Å². The Morgan fingerprint density at radius 2 is 1.63 bits per heavy atom. The summed E-state index contributed by atoms with van der Waals surface area (Å²) in [6, 6.07) is 20.3. The lowest BCUT2D eigenvalue weighted by atomic mass is 10.0. The molecule has 8 nitrogen and oxygen atoms in total. The number of sulfone groups is 1. The molecule has 2 N–H and O–H groups in total. The van der Waals surface area contributed by atoms with Gasteiger partial charge in [0.2, 0.25) is 5.91 Å². The summed E-state index contributed by atoms with van der Waals surface area (Å²) in [7, 11) is -3.77. The number of halogens is 1. The summed E-state index contributed by atoms with van der Waals surface area (Å²) in [5, 5.41) is 13.9. The van der Waals surface area contributed by atoms with Gasteiger partial charge in [0.15, 0.2) is 9.84 Å². The Morgan fingerprint density at radius 1 is 1.00 bits per heavy atom. The minimum atomic E-state index is -3.77. The topological polar surface area (TPSA) is 113 Å². The van der Waals surface area contributed by atoms with Crippen molar-refractivity contribution in [1.29, 1.82) is 0 Å². The fourth-order valence-electron chi connectivity index (χ4n) is 5.30. The number of nitrogens with zero attached hydrogens (tertiary/aromatic N) is 1. The third kappa shape index (κ3) is 8.42. The number of carbonyl (C=O) groups excluding carboxylic acids is 2. The minimum absolute atomic E-state index is 0.0382. The number of aliphatic hydroxyl groups is 1. The molecule has 1 fully saturated rings. The normalized spacial score (nSPS) is 18.6. The maximum absolute atomic E-state index is 13.3. The second-order valence-corrected chi connectivity index (χ2v) is 14.1. The molecule has 0 saturated carbocycles. The van der Waals surface area contributed by atoms with Gasteiger partial charge in [-0.1, -0.05) is 49.4 Å². The van der Waals surface area contributed by atoms with Gasteiger partial charge in [0.05, 0.1) is 22.8 Å². The van der Waals surface area contributed by atoms with Gasteiger partial charge in [0.25, 0.3) is 0 Å². The highest BCUT2D eigenvalue weighted by molar-refractivity contribution is 7.91. The molecular formula is C33H39FN2O6S. The third-order valence-corrected chi connectivity index (χ3v) is 9.37. The molecule has 4 atom stereocenters. The quantitative estimate of drug-likeness (QED) is 0.291. The van der Waals surface area contributed by atoms with Crippen LogP contribution in [0.1, 0.15) is 57.8 Å². The van der Waals surface area contributed by atoms with Crippen molar-refractivity contribution in [2.45, 2.75) is 75.6 Å². The third-order valence-electron chi connectivity index (χ3n) is 7.44. The van der Waals surface area contributed by atoms with E-state index in [1.165, 1.54) is 19.1 Å². The highest BCUT2D eigenvalue weighted by atomic mass is 32.2.